The molecule has 3 atom stereocenters. The first-order valence-corrected chi connectivity index (χ1v) is 9.30. The van der Waals surface area contributed by atoms with Crippen LogP contribution in [0.15, 0.2) is 24.3 Å². The Morgan fingerprint density at radius 3 is 2.63 bits per heavy atom. The minimum atomic E-state index is -0.516. The molecular weight excluding hydrogens is 346 g/mol. The zero-order chi connectivity index (χ0) is 18.3. The highest BCUT2D eigenvalue weighted by Gasteiger charge is 2.53. The van der Waals surface area contributed by atoms with Crippen LogP contribution in [0.3, 0.4) is 0 Å². The Morgan fingerprint density at radius 2 is 1.78 bits per heavy atom. The molecule has 0 aromatic heterocycles. The molecule has 3 heterocycles. The molecule has 6 heteroatoms. The van der Waals surface area contributed by atoms with Crippen molar-refractivity contribution in [3.63, 3.8) is 0 Å². The zero-order valence-electron chi connectivity index (χ0n) is 15.3. The molecule has 0 fully saturated rings. The van der Waals surface area contributed by atoms with E-state index in [0.29, 0.717) is 6.42 Å². The van der Waals surface area contributed by atoms with E-state index in [1.807, 2.05) is 12.1 Å². The fourth-order valence-electron chi connectivity index (χ4n) is 5.41. The molecule has 0 saturated carbocycles. The fourth-order valence-corrected chi connectivity index (χ4v) is 5.41. The molecule has 0 spiro atoms. The Hall–Kier alpha value is -2.44. The summed E-state index contributed by atoms with van der Waals surface area (Å²) in [5.74, 6) is 3.17. The van der Waals surface area contributed by atoms with Gasteiger partial charge in [0.05, 0.1) is 6.10 Å². The lowest BCUT2D eigenvalue weighted by atomic mass is 9.60. The molecule has 3 aliphatic heterocycles. The van der Waals surface area contributed by atoms with E-state index >= 15 is 0 Å². The molecule has 140 valence electrons. The van der Waals surface area contributed by atoms with Crippen LogP contribution in [-0.2, 0) is 18.4 Å². The molecular formula is C21H21NO5. The van der Waals surface area contributed by atoms with Gasteiger partial charge in [-0.3, -0.25) is 4.90 Å². The Kier molecular flexibility index (Phi) is 2.94. The maximum atomic E-state index is 11.3. The minimum absolute atomic E-state index is 0.0404. The number of aliphatic hydroxyl groups excluding tert-OH is 1. The number of aliphatic hydroxyl groups is 1. The van der Waals surface area contributed by atoms with Crippen molar-refractivity contribution in [2.75, 3.05) is 20.6 Å². The lowest BCUT2D eigenvalue weighted by molar-refractivity contribution is -0.000315. The van der Waals surface area contributed by atoms with Gasteiger partial charge in [-0.05, 0) is 48.4 Å². The van der Waals surface area contributed by atoms with Crippen LogP contribution in [-0.4, -0.2) is 36.7 Å². The van der Waals surface area contributed by atoms with Gasteiger partial charge in [-0.15, -0.1) is 0 Å². The zero-order valence-corrected chi connectivity index (χ0v) is 15.3. The van der Waals surface area contributed by atoms with Crippen molar-refractivity contribution in [3.8, 4) is 23.0 Å². The number of rotatable bonds is 0. The third-order valence-electron chi connectivity index (χ3n) is 6.67. The average Bonchev–Trinajstić information content (AvgIpc) is 3.29. The van der Waals surface area contributed by atoms with Gasteiger partial charge in [-0.2, -0.15) is 0 Å². The van der Waals surface area contributed by atoms with Gasteiger partial charge < -0.3 is 24.1 Å². The Balaban J connectivity index is 1.58. The molecule has 0 amide bonds. The van der Waals surface area contributed by atoms with Crippen molar-refractivity contribution in [1.82, 2.24) is 4.90 Å². The number of fused-ring (bicyclic) bond motifs is 8. The molecule has 0 radical (unpaired) electrons. The first kappa shape index (κ1) is 15.6. The third kappa shape index (κ3) is 1.87. The average molecular weight is 367 g/mol. The van der Waals surface area contributed by atoms with E-state index in [0.717, 1.165) is 46.2 Å². The summed E-state index contributed by atoms with van der Waals surface area (Å²) in [7, 11) is 2.10. The Bertz CT molecular complexity index is 974. The van der Waals surface area contributed by atoms with Crippen LogP contribution in [0.2, 0.25) is 0 Å². The summed E-state index contributed by atoms with van der Waals surface area (Å²) >= 11 is 0. The molecule has 0 saturated heterocycles. The van der Waals surface area contributed by atoms with Gasteiger partial charge in [0.1, 0.15) is 0 Å². The van der Waals surface area contributed by atoms with E-state index in [1.165, 1.54) is 5.56 Å². The van der Waals surface area contributed by atoms with Crippen molar-refractivity contribution in [2.45, 2.75) is 37.5 Å². The number of hydrogen-bond donors (Lipinski definition) is 1. The monoisotopic (exact) mass is 367 g/mol. The summed E-state index contributed by atoms with van der Waals surface area (Å²) in [6, 6.07) is 8.24. The summed E-state index contributed by atoms with van der Waals surface area (Å²) in [6.07, 6.45) is 0.0676. The van der Waals surface area contributed by atoms with Crippen LogP contribution in [0.5, 0.6) is 23.0 Å². The van der Waals surface area contributed by atoms with Crippen LogP contribution in [0.1, 0.15) is 35.2 Å². The predicted molar refractivity (Wildman–Crippen MR) is 96.4 cm³/mol. The molecule has 6 rings (SSSR count). The Labute approximate surface area is 157 Å². The number of nitrogens with zero attached hydrogens (tertiary/aromatic N) is 1. The number of likely N-dealkylation sites (N-methyl/N-ethyl adjacent to an activating group) is 1. The van der Waals surface area contributed by atoms with Crippen LogP contribution in [0.25, 0.3) is 0 Å². The summed E-state index contributed by atoms with van der Waals surface area (Å²) in [5.41, 5.74) is 4.15. The third-order valence-corrected chi connectivity index (χ3v) is 6.67. The van der Waals surface area contributed by atoms with E-state index in [-0.39, 0.29) is 19.6 Å². The largest absolute Gasteiger partial charge is 0.454 e. The molecule has 2 aromatic rings. The molecule has 0 bridgehead atoms. The van der Waals surface area contributed by atoms with Gasteiger partial charge in [-0.25, -0.2) is 0 Å². The first-order valence-electron chi connectivity index (χ1n) is 9.30. The molecule has 2 aromatic carbocycles. The van der Waals surface area contributed by atoms with Gasteiger partial charge in [0.15, 0.2) is 23.0 Å². The second-order valence-electron chi connectivity index (χ2n) is 8.05. The van der Waals surface area contributed by atoms with Gasteiger partial charge in [-0.1, -0.05) is 13.0 Å². The lowest BCUT2D eigenvalue weighted by Gasteiger charge is -2.53. The molecule has 4 aliphatic rings. The van der Waals surface area contributed by atoms with Gasteiger partial charge >= 0.3 is 0 Å². The number of ether oxygens (including phenoxy) is 4. The van der Waals surface area contributed by atoms with E-state index in [1.54, 1.807) is 0 Å². The highest BCUT2D eigenvalue weighted by atomic mass is 16.7. The molecule has 6 nitrogen and oxygen atoms in total. The highest BCUT2D eigenvalue weighted by molar-refractivity contribution is 5.59. The molecule has 27 heavy (non-hydrogen) atoms. The molecule has 0 unspecified atom stereocenters. The van der Waals surface area contributed by atoms with Crippen LogP contribution < -0.4 is 18.9 Å². The van der Waals surface area contributed by atoms with Crippen molar-refractivity contribution in [3.05, 3.63) is 46.5 Å². The van der Waals surface area contributed by atoms with E-state index in [9.17, 15) is 5.11 Å². The summed E-state index contributed by atoms with van der Waals surface area (Å²) in [5, 5.41) is 11.3. The molecule has 1 aliphatic carbocycles. The smallest absolute Gasteiger partial charge is 0.231 e. The first-order chi connectivity index (χ1) is 13.1. The van der Waals surface area contributed by atoms with E-state index in [4.69, 9.17) is 18.9 Å². The van der Waals surface area contributed by atoms with Crippen molar-refractivity contribution < 1.29 is 24.1 Å². The van der Waals surface area contributed by atoms with Crippen LogP contribution >= 0.6 is 0 Å². The van der Waals surface area contributed by atoms with E-state index < -0.39 is 11.5 Å². The topological polar surface area (TPSA) is 60.4 Å². The fraction of sp³-hybridized carbons (Fsp3) is 0.429. The van der Waals surface area contributed by atoms with Crippen molar-refractivity contribution in [1.29, 1.82) is 0 Å². The summed E-state index contributed by atoms with van der Waals surface area (Å²) < 4.78 is 22.5. The van der Waals surface area contributed by atoms with Crippen molar-refractivity contribution >= 4 is 0 Å². The lowest BCUT2D eigenvalue weighted by Crippen LogP contribution is -2.55. The second-order valence-corrected chi connectivity index (χ2v) is 8.05. The second kappa shape index (κ2) is 5.09. The summed E-state index contributed by atoms with van der Waals surface area (Å²) in [4.78, 5) is 2.30. The Morgan fingerprint density at radius 1 is 1.04 bits per heavy atom. The van der Waals surface area contributed by atoms with Gasteiger partial charge in [0, 0.05) is 23.6 Å². The molecule has 1 N–H and O–H groups in total. The standard InChI is InChI=1S/C21H21NO5/c1-21-14-3-4-15-19(27-10-24-15)13(14)8-22(2)20(21)12-7-17-16(25-9-26-17)5-11(12)6-18(21)23/h3-5,7,18,20,23H,6,8-10H2,1-2H3/t18-,20-,21-/m0/s1. The van der Waals surface area contributed by atoms with Gasteiger partial charge in [0.25, 0.3) is 0 Å². The number of benzene rings is 2. The SMILES string of the molecule is CN1Cc2c(ccc3c2OCO3)[C@]2(C)[C@@H]1c1cc3c(cc1C[C@@H]2O)OCO3. The van der Waals surface area contributed by atoms with Gasteiger partial charge in [0.2, 0.25) is 13.6 Å². The minimum Gasteiger partial charge on any atom is -0.454 e. The van der Waals surface area contributed by atoms with Crippen LogP contribution in [0, 0.1) is 0 Å². The van der Waals surface area contributed by atoms with Crippen LogP contribution in [0.4, 0.5) is 0 Å². The maximum Gasteiger partial charge on any atom is 0.231 e. The summed E-state index contributed by atoms with van der Waals surface area (Å²) in [6.45, 7) is 3.41. The predicted octanol–water partition coefficient (Wildman–Crippen LogP) is 2.51. The van der Waals surface area contributed by atoms with E-state index in [2.05, 4.69) is 31.0 Å². The highest BCUT2D eigenvalue weighted by Crippen LogP contribution is 2.57. The quantitative estimate of drug-likeness (QED) is 0.772. The maximum absolute atomic E-state index is 11.3. The van der Waals surface area contributed by atoms with Crippen molar-refractivity contribution in [2.24, 2.45) is 0 Å². The normalized spacial score (nSPS) is 29.9. The number of hydrogen-bond acceptors (Lipinski definition) is 6.